The van der Waals surface area contributed by atoms with Crippen molar-refractivity contribution in [3.8, 4) is 23.0 Å². The van der Waals surface area contributed by atoms with Crippen molar-refractivity contribution in [2.24, 2.45) is 0 Å². The fourth-order valence-corrected chi connectivity index (χ4v) is 2.85. The minimum absolute atomic E-state index is 0.0565. The number of ether oxygens (including phenoxy) is 2. The van der Waals surface area contributed by atoms with Gasteiger partial charge >= 0.3 is 0 Å². The van der Waals surface area contributed by atoms with E-state index < -0.39 is 0 Å². The Bertz CT molecular complexity index is 768. The van der Waals surface area contributed by atoms with Gasteiger partial charge in [-0.3, -0.25) is 0 Å². The van der Waals surface area contributed by atoms with Crippen molar-refractivity contribution >= 4 is 6.21 Å². The number of aromatic hydroxyl groups is 2. The van der Waals surface area contributed by atoms with E-state index in [0.29, 0.717) is 17.9 Å². The second-order valence-corrected chi connectivity index (χ2v) is 5.54. The van der Waals surface area contributed by atoms with Crippen LogP contribution in [-0.2, 0) is 13.0 Å². The molecular weight excluding hydrogens is 294 g/mol. The summed E-state index contributed by atoms with van der Waals surface area (Å²) in [6, 6.07) is 8.99. The topological polar surface area (TPSA) is 61.9 Å². The summed E-state index contributed by atoms with van der Waals surface area (Å²) in [5.74, 6) is 1.29. The van der Waals surface area contributed by atoms with E-state index in [1.54, 1.807) is 20.3 Å². The largest absolute Gasteiger partial charge is 0.504 e. The van der Waals surface area contributed by atoms with Gasteiger partial charge in [-0.25, -0.2) is 4.58 Å². The number of phenols is 2. The average molecular weight is 314 g/mol. The minimum Gasteiger partial charge on any atom is -0.504 e. The highest BCUT2D eigenvalue weighted by Crippen LogP contribution is 2.32. The van der Waals surface area contributed by atoms with Crippen LogP contribution in [0.15, 0.2) is 30.3 Å². The lowest BCUT2D eigenvalue weighted by Crippen LogP contribution is -2.22. The Kier molecular flexibility index (Phi) is 4.10. The van der Waals surface area contributed by atoms with Crippen molar-refractivity contribution in [2.45, 2.75) is 13.0 Å². The molecule has 5 heteroatoms. The first kappa shape index (κ1) is 15.2. The zero-order valence-electron chi connectivity index (χ0n) is 13.2. The zero-order valence-corrected chi connectivity index (χ0v) is 13.2. The van der Waals surface area contributed by atoms with E-state index in [-0.39, 0.29) is 11.5 Å². The van der Waals surface area contributed by atoms with Crippen molar-refractivity contribution in [3.05, 3.63) is 47.0 Å². The third kappa shape index (κ3) is 2.95. The van der Waals surface area contributed by atoms with Crippen LogP contribution in [0.2, 0.25) is 0 Å². The highest BCUT2D eigenvalue weighted by atomic mass is 16.5. The van der Waals surface area contributed by atoms with E-state index in [2.05, 4.69) is 4.58 Å². The molecule has 0 spiro atoms. The lowest BCUT2D eigenvalue weighted by atomic mass is 10.0. The van der Waals surface area contributed by atoms with Gasteiger partial charge in [0, 0.05) is 12.0 Å². The molecule has 120 valence electrons. The van der Waals surface area contributed by atoms with Gasteiger partial charge < -0.3 is 19.7 Å². The normalized spacial score (nSPS) is 13.2. The number of hydrogen-bond acceptors (Lipinski definition) is 4. The van der Waals surface area contributed by atoms with Crippen molar-refractivity contribution in [3.63, 3.8) is 0 Å². The predicted octanol–water partition coefficient (Wildman–Crippen LogP) is 2.30. The van der Waals surface area contributed by atoms with Gasteiger partial charge in [0.15, 0.2) is 35.8 Å². The molecule has 2 aromatic carbocycles. The van der Waals surface area contributed by atoms with Crippen molar-refractivity contribution < 1.29 is 24.3 Å². The summed E-state index contributed by atoms with van der Waals surface area (Å²) in [5, 5.41) is 19.6. The van der Waals surface area contributed by atoms with Gasteiger partial charge in [-0.2, -0.15) is 0 Å². The smallest absolute Gasteiger partial charge is 0.172 e. The van der Waals surface area contributed by atoms with Crippen LogP contribution in [-0.4, -0.2) is 41.8 Å². The predicted molar refractivity (Wildman–Crippen MR) is 87.0 cm³/mol. The first-order valence-corrected chi connectivity index (χ1v) is 7.46. The lowest BCUT2D eigenvalue weighted by molar-refractivity contribution is -0.540. The Balaban J connectivity index is 1.92. The molecule has 5 nitrogen and oxygen atoms in total. The molecule has 1 aliphatic heterocycles. The SMILES string of the molecule is COc1cc2c(cc1OC)CC[N+](Cc1cccc(O)c1O)=C2. The van der Waals surface area contributed by atoms with Gasteiger partial charge in [0.05, 0.1) is 19.8 Å². The summed E-state index contributed by atoms with van der Waals surface area (Å²) < 4.78 is 12.8. The van der Waals surface area contributed by atoms with Gasteiger partial charge in [0.2, 0.25) is 0 Å². The maximum absolute atomic E-state index is 9.95. The second-order valence-electron chi connectivity index (χ2n) is 5.54. The molecule has 0 radical (unpaired) electrons. The fraction of sp³-hybridized carbons (Fsp3) is 0.278. The van der Waals surface area contributed by atoms with E-state index in [1.165, 1.54) is 11.6 Å². The van der Waals surface area contributed by atoms with E-state index in [4.69, 9.17) is 9.47 Å². The fourth-order valence-electron chi connectivity index (χ4n) is 2.85. The Labute approximate surface area is 135 Å². The molecule has 0 saturated heterocycles. The van der Waals surface area contributed by atoms with Crippen LogP contribution in [0, 0.1) is 0 Å². The molecule has 0 bridgehead atoms. The number of fused-ring (bicyclic) bond motifs is 1. The molecule has 0 amide bonds. The monoisotopic (exact) mass is 314 g/mol. The van der Waals surface area contributed by atoms with E-state index in [1.807, 2.05) is 24.4 Å². The van der Waals surface area contributed by atoms with Gasteiger partial charge in [0.1, 0.15) is 6.54 Å². The second kappa shape index (κ2) is 6.20. The number of para-hydroxylation sites is 1. The van der Waals surface area contributed by atoms with Gasteiger partial charge in [-0.1, -0.05) is 6.07 Å². The molecule has 2 N–H and O–H groups in total. The van der Waals surface area contributed by atoms with Crippen molar-refractivity contribution in [2.75, 3.05) is 20.8 Å². The van der Waals surface area contributed by atoms with E-state index >= 15 is 0 Å². The third-order valence-electron chi connectivity index (χ3n) is 4.11. The molecule has 0 saturated carbocycles. The average Bonchev–Trinajstić information content (AvgIpc) is 2.57. The van der Waals surface area contributed by atoms with Crippen LogP contribution < -0.4 is 9.47 Å². The van der Waals surface area contributed by atoms with Crippen LogP contribution in [0.25, 0.3) is 0 Å². The summed E-state index contributed by atoms with van der Waals surface area (Å²) in [7, 11) is 3.25. The Hall–Kier alpha value is -2.69. The van der Waals surface area contributed by atoms with Crippen molar-refractivity contribution in [1.82, 2.24) is 0 Å². The summed E-state index contributed by atoms with van der Waals surface area (Å²) >= 11 is 0. The maximum Gasteiger partial charge on any atom is 0.172 e. The minimum atomic E-state index is -0.0914. The molecule has 0 aliphatic carbocycles. The summed E-state index contributed by atoms with van der Waals surface area (Å²) in [5.41, 5.74) is 2.98. The van der Waals surface area contributed by atoms with Crippen LogP contribution >= 0.6 is 0 Å². The lowest BCUT2D eigenvalue weighted by Gasteiger charge is -2.16. The van der Waals surface area contributed by atoms with Crippen LogP contribution in [0.4, 0.5) is 0 Å². The number of benzene rings is 2. The zero-order chi connectivity index (χ0) is 16.4. The quantitative estimate of drug-likeness (QED) is 0.671. The van der Waals surface area contributed by atoms with Gasteiger partial charge in [-0.05, 0) is 29.8 Å². The molecule has 0 fully saturated rings. The first-order chi connectivity index (χ1) is 11.1. The number of nitrogens with zero attached hydrogens (tertiary/aromatic N) is 1. The molecule has 1 heterocycles. The first-order valence-electron chi connectivity index (χ1n) is 7.46. The molecule has 0 unspecified atom stereocenters. The van der Waals surface area contributed by atoms with E-state index in [0.717, 1.165) is 24.3 Å². The number of methoxy groups -OCH3 is 2. The van der Waals surface area contributed by atoms with Crippen LogP contribution in [0.1, 0.15) is 16.7 Å². The third-order valence-corrected chi connectivity index (χ3v) is 4.11. The molecule has 1 aliphatic rings. The highest BCUT2D eigenvalue weighted by Gasteiger charge is 2.20. The standard InChI is InChI=1S/C18H19NO4/c1-22-16-8-12-6-7-19(11-14(12)9-17(16)23-2)10-13-4-3-5-15(20)18(13)21/h3-5,8-9,11H,6-7,10H2,1-2H3,(H-,20,21)/p+1. The van der Waals surface area contributed by atoms with E-state index in [9.17, 15) is 10.2 Å². The molecule has 3 rings (SSSR count). The molecular formula is C18H20NO4+. The highest BCUT2D eigenvalue weighted by molar-refractivity contribution is 5.80. The summed E-state index contributed by atoms with van der Waals surface area (Å²) in [4.78, 5) is 0. The van der Waals surface area contributed by atoms with Crippen LogP contribution in [0.3, 0.4) is 0 Å². The Morgan fingerprint density at radius 2 is 1.83 bits per heavy atom. The molecule has 2 aromatic rings. The molecule has 0 aromatic heterocycles. The summed E-state index contributed by atoms with van der Waals surface area (Å²) in [6.45, 7) is 1.37. The molecule has 23 heavy (non-hydrogen) atoms. The number of rotatable bonds is 4. The number of phenolic OH excluding ortho intramolecular Hbond substituents is 2. The van der Waals surface area contributed by atoms with Crippen LogP contribution in [0.5, 0.6) is 23.0 Å². The van der Waals surface area contributed by atoms with Gasteiger partial charge in [0.25, 0.3) is 0 Å². The maximum atomic E-state index is 9.95. The Morgan fingerprint density at radius 1 is 1.09 bits per heavy atom. The van der Waals surface area contributed by atoms with Gasteiger partial charge in [-0.15, -0.1) is 0 Å². The van der Waals surface area contributed by atoms with Crippen molar-refractivity contribution in [1.29, 1.82) is 0 Å². The molecule has 0 atom stereocenters. The Morgan fingerprint density at radius 3 is 2.57 bits per heavy atom. The number of hydrogen-bond donors (Lipinski definition) is 2. The summed E-state index contributed by atoms with van der Waals surface area (Å²) in [6.07, 6.45) is 2.93.